The van der Waals surface area contributed by atoms with E-state index in [0.29, 0.717) is 45.4 Å². The minimum absolute atomic E-state index is 0.205. The van der Waals surface area contributed by atoms with Gasteiger partial charge in [-0.15, -0.1) is 0 Å². The van der Waals surface area contributed by atoms with Crippen LogP contribution >= 0.6 is 0 Å². The number of carbonyl (C=O) groups is 1. The van der Waals surface area contributed by atoms with Crippen molar-refractivity contribution >= 4 is 5.91 Å². The van der Waals surface area contributed by atoms with E-state index in [1.165, 1.54) is 19.3 Å². The maximum Gasteiger partial charge on any atom is 0.236 e. The van der Waals surface area contributed by atoms with Crippen LogP contribution in [-0.4, -0.2) is 68.8 Å². The number of benzene rings is 1. The van der Waals surface area contributed by atoms with Crippen LogP contribution in [-0.2, 0) is 16.1 Å². The summed E-state index contributed by atoms with van der Waals surface area (Å²) in [6.07, 6.45) is 6.11. The third kappa shape index (κ3) is 5.36. The topological polar surface area (TPSA) is 51.2 Å². The van der Waals surface area contributed by atoms with E-state index in [1.807, 2.05) is 23.1 Å². The van der Waals surface area contributed by atoms with Gasteiger partial charge in [0, 0.05) is 37.3 Å². The van der Waals surface area contributed by atoms with Gasteiger partial charge in [0.1, 0.15) is 11.5 Å². The van der Waals surface area contributed by atoms with Crippen LogP contribution in [0.2, 0.25) is 0 Å². The van der Waals surface area contributed by atoms with Crippen LogP contribution in [0.3, 0.4) is 0 Å². The van der Waals surface area contributed by atoms with Gasteiger partial charge >= 0.3 is 0 Å². The molecule has 0 radical (unpaired) electrons. The first-order valence-electron chi connectivity index (χ1n) is 10.0. The van der Waals surface area contributed by atoms with E-state index in [1.54, 1.807) is 14.2 Å². The van der Waals surface area contributed by atoms with Crippen molar-refractivity contribution in [1.82, 2.24) is 9.80 Å². The highest BCUT2D eigenvalue weighted by atomic mass is 16.5. The van der Waals surface area contributed by atoms with E-state index in [2.05, 4.69) is 4.90 Å². The van der Waals surface area contributed by atoms with Crippen molar-refractivity contribution < 1.29 is 19.0 Å². The normalized spacial score (nSPS) is 18.6. The molecule has 2 fully saturated rings. The lowest BCUT2D eigenvalue weighted by molar-refractivity contribution is -0.137. The molecule has 0 bridgehead atoms. The number of carbonyl (C=O) groups excluding carboxylic acids is 1. The number of methoxy groups -OCH3 is 2. The zero-order valence-corrected chi connectivity index (χ0v) is 16.6. The molecule has 1 heterocycles. The van der Waals surface area contributed by atoms with Crippen molar-refractivity contribution in [3.8, 4) is 11.5 Å². The Hall–Kier alpha value is -1.79. The fourth-order valence-corrected chi connectivity index (χ4v) is 4.05. The summed E-state index contributed by atoms with van der Waals surface area (Å²) in [5.41, 5.74) is 1.10. The van der Waals surface area contributed by atoms with E-state index in [0.717, 1.165) is 29.9 Å². The predicted octanol–water partition coefficient (Wildman–Crippen LogP) is 2.70. The fraction of sp³-hybridized carbons (Fsp3) is 0.667. The average molecular weight is 376 g/mol. The summed E-state index contributed by atoms with van der Waals surface area (Å²) in [6, 6.07) is 6.38. The van der Waals surface area contributed by atoms with E-state index in [4.69, 9.17) is 14.2 Å². The molecule has 0 aromatic heterocycles. The Kier molecular flexibility index (Phi) is 7.35. The standard InChI is InChI=1S/C21H32N2O4/c1-25-19-9-8-17(20(14-19)26-2)15-23(18-6-4-3-5-7-18)16-21(24)22-10-12-27-13-11-22/h8-9,14,18H,3-7,10-13,15-16H2,1-2H3. The third-order valence-corrected chi connectivity index (χ3v) is 5.66. The first-order valence-corrected chi connectivity index (χ1v) is 10.0. The van der Waals surface area contributed by atoms with Crippen LogP contribution < -0.4 is 9.47 Å². The summed E-state index contributed by atoms with van der Waals surface area (Å²) in [6.45, 7) is 3.85. The van der Waals surface area contributed by atoms with Gasteiger partial charge in [-0.1, -0.05) is 25.3 Å². The molecule has 0 N–H and O–H groups in total. The maximum absolute atomic E-state index is 12.9. The predicted molar refractivity (Wildman–Crippen MR) is 104 cm³/mol. The van der Waals surface area contributed by atoms with Crippen molar-refractivity contribution in [3.63, 3.8) is 0 Å². The SMILES string of the molecule is COc1ccc(CN(CC(=O)N2CCOCC2)C2CCCCC2)c(OC)c1. The van der Waals surface area contributed by atoms with E-state index in [9.17, 15) is 4.79 Å². The van der Waals surface area contributed by atoms with Crippen molar-refractivity contribution in [2.75, 3.05) is 47.1 Å². The molecule has 6 heteroatoms. The molecule has 6 nitrogen and oxygen atoms in total. The molecule has 0 spiro atoms. The Bertz CT molecular complexity index is 610. The van der Waals surface area contributed by atoms with Gasteiger partial charge in [0.2, 0.25) is 5.91 Å². The van der Waals surface area contributed by atoms with Gasteiger partial charge in [0.25, 0.3) is 0 Å². The summed E-state index contributed by atoms with van der Waals surface area (Å²) in [7, 11) is 3.34. The van der Waals surface area contributed by atoms with E-state index < -0.39 is 0 Å². The Morgan fingerprint density at radius 3 is 2.56 bits per heavy atom. The second-order valence-corrected chi connectivity index (χ2v) is 7.37. The number of nitrogens with zero attached hydrogens (tertiary/aromatic N) is 2. The smallest absolute Gasteiger partial charge is 0.236 e. The molecule has 27 heavy (non-hydrogen) atoms. The van der Waals surface area contributed by atoms with Gasteiger partial charge < -0.3 is 19.1 Å². The molecule has 1 saturated heterocycles. The van der Waals surface area contributed by atoms with Crippen LogP contribution in [0.1, 0.15) is 37.7 Å². The highest BCUT2D eigenvalue weighted by Gasteiger charge is 2.27. The number of ether oxygens (including phenoxy) is 3. The van der Waals surface area contributed by atoms with Crippen LogP contribution in [0.4, 0.5) is 0 Å². The van der Waals surface area contributed by atoms with Gasteiger partial charge in [-0.25, -0.2) is 0 Å². The fourth-order valence-electron chi connectivity index (χ4n) is 4.05. The molecule has 1 aromatic carbocycles. The Balaban J connectivity index is 1.74. The lowest BCUT2D eigenvalue weighted by atomic mass is 9.93. The van der Waals surface area contributed by atoms with Crippen molar-refractivity contribution in [2.45, 2.75) is 44.7 Å². The quantitative estimate of drug-likeness (QED) is 0.732. The van der Waals surface area contributed by atoms with Crippen LogP contribution in [0.25, 0.3) is 0 Å². The summed E-state index contributed by atoms with van der Waals surface area (Å²) >= 11 is 0. The van der Waals surface area contributed by atoms with Gasteiger partial charge in [-0.2, -0.15) is 0 Å². The summed E-state index contributed by atoms with van der Waals surface area (Å²) < 4.78 is 16.3. The molecule has 1 saturated carbocycles. The Morgan fingerprint density at radius 1 is 1.15 bits per heavy atom. The number of rotatable bonds is 7. The molecule has 2 aliphatic rings. The lowest BCUT2D eigenvalue weighted by Gasteiger charge is -2.36. The number of morpholine rings is 1. The Labute approximate surface area is 162 Å². The summed E-state index contributed by atoms with van der Waals surface area (Å²) in [4.78, 5) is 17.2. The van der Waals surface area contributed by atoms with E-state index >= 15 is 0 Å². The number of amides is 1. The first kappa shape index (κ1) is 20.0. The largest absolute Gasteiger partial charge is 0.497 e. The first-order chi connectivity index (χ1) is 13.2. The molecule has 150 valence electrons. The molecule has 0 atom stereocenters. The van der Waals surface area contributed by atoms with E-state index in [-0.39, 0.29) is 5.91 Å². The van der Waals surface area contributed by atoms with Gasteiger partial charge in [-0.05, 0) is 18.9 Å². The molecule has 1 amide bonds. The molecule has 1 aliphatic carbocycles. The zero-order chi connectivity index (χ0) is 19.1. The zero-order valence-electron chi connectivity index (χ0n) is 16.6. The highest BCUT2D eigenvalue weighted by molar-refractivity contribution is 5.78. The van der Waals surface area contributed by atoms with Gasteiger partial charge in [0.15, 0.2) is 0 Å². The minimum atomic E-state index is 0.205. The summed E-state index contributed by atoms with van der Waals surface area (Å²) in [5.74, 6) is 1.80. The second-order valence-electron chi connectivity index (χ2n) is 7.37. The number of hydrogen-bond donors (Lipinski definition) is 0. The minimum Gasteiger partial charge on any atom is -0.497 e. The van der Waals surface area contributed by atoms with Crippen LogP contribution in [0, 0.1) is 0 Å². The summed E-state index contributed by atoms with van der Waals surface area (Å²) in [5, 5.41) is 0. The maximum atomic E-state index is 12.9. The molecule has 0 unspecified atom stereocenters. The van der Waals surface area contributed by atoms with Crippen molar-refractivity contribution in [1.29, 1.82) is 0 Å². The van der Waals surface area contributed by atoms with Crippen molar-refractivity contribution in [3.05, 3.63) is 23.8 Å². The molecule has 1 aromatic rings. The van der Waals surface area contributed by atoms with Gasteiger partial charge in [0.05, 0.1) is 34.0 Å². The Morgan fingerprint density at radius 2 is 1.89 bits per heavy atom. The highest BCUT2D eigenvalue weighted by Crippen LogP contribution is 2.29. The molecular formula is C21H32N2O4. The monoisotopic (exact) mass is 376 g/mol. The number of hydrogen-bond acceptors (Lipinski definition) is 5. The third-order valence-electron chi connectivity index (χ3n) is 5.66. The molecule has 3 rings (SSSR count). The van der Waals surface area contributed by atoms with Crippen LogP contribution in [0.5, 0.6) is 11.5 Å². The lowest BCUT2D eigenvalue weighted by Crippen LogP contribution is -2.48. The van der Waals surface area contributed by atoms with Crippen LogP contribution in [0.15, 0.2) is 18.2 Å². The van der Waals surface area contributed by atoms with Crippen molar-refractivity contribution in [2.24, 2.45) is 0 Å². The van der Waals surface area contributed by atoms with Gasteiger partial charge in [-0.3, -0.25) is 9.69 Å². The molecular weight excluding hydrogens is 344 g/mol. The second kappa shape index (κ2) is 9.95. The average Bonchev–Trinajstić information content (AvgIpc) is 2.74. The molecule has 1 aliphatic heterocycles.